The van der Waals surface area contributed by atoms with Crippen LogP contribution in [-0.4, -0.2) is 157 Å². The monoisotopic (exact) mass is 2110 g/mol. The molecule has 40 heteroatoms. The highest BCUT2D eigenvalue weighted by atomic mass is 35.5. The molecule has 146 heavy (non-hydrogen) atoms. The lowest BCUT2D eigenvalue weighted by atomic mass is 10.1. The number of likely N-dealkylation sites (tertiary alicyclic amines) is 1. The Bertz CT molecular complexity index is 7690. The van der Waals surface area contributed by atoms with Crippen LogP contribution in [0, 0.1) is 6.92 Å². The first-order valence-electron chi connectivity index (χ1n) is 44.8. The maximum absolute atomic E-state index is 13.1. The van der Waals surface area contributed by atoms with Crippen molar-refractivity contribution >= 4 is 163 Å². The highest BCUT2D eigenvalue weighted by Gasteiger charge is 2.34. The fourth-order valence-corrected chi connectivity index (χ4v) is 18.2. The second-order valence-electron chi connectivity index (χ2n) is 33.4. The zero-order valence-electron chi connectivity index (χ0n) is 78.5. The van der Waals surface area contributed by atoms with Crippen molar-refractivity contribution in [3.8, 4) is 45.0 Å². The molecule has 10 N–H and O–H groups in total. The zero-order chi connectivity index (χ0) is 104. The second kappa shape index (κ2) is 49.6. The number of imidazole rings is 1. The Morgan fingerprint density at radius 2 is 0.760 bits per heavy atom. The van der Waals surface area contributed by atoms with Gasteiger partial charge in [0.15, 0.2) is 29.5 Å². The minimum Gasteiger partial charge on any atom is -0.384 e. The number of nitrogens with two attached hydrogens (primary N) is 1. The second-order valence-corrected chi connectivity index (χ2v) is 41.5. The zero-order valence-corrected chi connectivity index (χ0v) is 84.0. The Hall–Kier alpha value is -15.5. The number of aromatic nitrogens is 7. The number of halogens is 7. The van der Waals surface area contributed by atoms with Crippen molar-refractivity contribution in [2.75, 3.05) is 82.2 Å². The quantitative estimate of drug-likeness (QED) is 0.0115. The third kappa shape index (κ3) is 31.7. The highest BCUT2D eigenvalue weighted by Crippen LogP contribution is 2.37. The van der Waals surface area contributed by atoms with Crippen molar-refractivity contribution in [2.45, 2.75) is 56.0 Å². The summed E-state index contributed by atoms with van der Waals surface area (Å²) >= 11 is 25.3. The number of carbonyl (C=O) groups is 7. The number of hydrogen-bond donors (Lipinski definition) is 9. The van der Waals surface area contributed by atoms with Crippen molar-refractivity contribution in [1.82, 2.24) is 39.8 Å². The Morgan fingerprint density at radius 3 is 1.12 bits per heavy atom. The van der Waals surface area contributed by atoms with Crippen molar-refractivity contribution in [3.63, 3.8) is 0 Å². The molecular weight excluding hydrogens is 2010 g/mol. The van der Waals surface area contributed by atoms with E-state index in [2.05, 4.69) is 77.1 Å². The number of benzene rings is 9. The van der Waals surface area contributed by atoms with E-state index in [0.717, 1.165) is 86.1 Å². The molecule has 1 saturated heterocycles. The molecule has 748 valence electrons. The molecule has 0 aliphatic carbocycles. The van der Waals surface area contributed by atoms with E-state index >= 15 is 0 Å². The number of alkyl halides is 3. The molecule has 0 saturated carbocycles. The third-order valence-corrected chi connectivity index (χ3v) is 25.7. The average molecular weight is 2110 g/mol. The number of aliphatic imine (C=N–C) groups is 1. The number of amidine groups is 1. The van der Waals surface area contributed by atoms with Crippen LogP contribution in [0.25, 0.3) is 45.0 Å². The Balaban J connectivity index is 0.000000163. The summed E-state index contributed by atoms with van der Waals surface area (Å²) in [4.78, 5) is 125. The molecule has 0 unspecified atom stereocenters. The first-order valence-corrected chi connectivity index (χ1v) is 52.5. The molecule has 1 aliphatic rings. The van der Waals surface area contributed by atoms with Crippen LogP contribution in [0.2, 0.25) is 20.1 Å². The summed E-state index contributed by atoms with van der Waals surface area (Å²) in [5, 5.41) is 21.3. The summed E-state index contributed by atoms with van der Waals surface area (Å²) in [5.41, 5.74) is 16.9. The van der Waals surface area contributed by atoms with Crippen LogP contribution in [0.1, 0.15) is 121 Å². The van der Waals surface area contributed by atoms with Crippen LogP contribution in [0.15, 0.2) is 309 Å². The SMILES string of the molecule is CS(=O)(=O)Cc1ccc(C(=O)Nc2ccc(Cl)c(-c3ccccn3)c2)cc1NC(=O)CN1CCCC1.CS(=O)(=O)Cc1ccc(C(=O)Nc2ccc(Cl)c(-c3ccccn3)c2)cc1NC(=O)c1ccccc1.Cc1nc(C(F)(F)F)ccc1C(=O)Nc1cc(C(=O)Nc2ccc(Cl)c(-c3ccccn3)c2)ccc1CS(C)(=O)=O.NC(=NCCCc1cnc[nH]1)c1ccc(C(=O)Nc2ccc(Cl)c(-c3ccccn3)c2)cc1. The van der Waals surface area contributed by atoms with Gasteiger partial charge in [0.05, 0.1) is 84.3 Å². The fraction of sp³-hybridized carbons (Fsp3) is 0.151. The number of anilines is 7. The van der Waals surface area contributed by atoms with Gasteiger partial charge in [0.1, 0.15) is 11.5 Å². The largest absolute Gasteiger partial charge is 0.433 e. The third-order valence-electron chi connectivity index (χ3n) is 21.9. The summed E-state index contributed by atoms with van der Waals surface area (Å²) in [6.45, 7) is 3.79. The summed E-state index contributed by atoms with van der Waals surface area (Å²) in [5.74, 6) is -3.70. The van der Waals surface area contributed by atoms with E-state index in [-0.39, 0.29) is 74.8 Å². The predicted molar refractivity (Wildman–Crippen MR) is 565 cm³/mol. The van der Waals surface area contributed by atoms with Crippen LogP contribution in [0.4, 0.5) is 53.0 Å². The van der Waals surface area contributed by atoms with Crippen LogP contribution < -0.4 is 43.0 Å². The van der Waals surface area contributed by atoms with Crippen LogP contribution in [0.3, 0.4) is 0 Å². The number of H-pyrrole nitrogens is 1. The molecule has 9 aromatic carbocycles. The normalized spacial score (nSPS) is 12.0. The summed E-state index contributed by atoms with van der Waals surface area (Å²) in [6, 6.07) is 72.5. The number of pyridine rings is 5. The van der Waals surface area contributed by atoms with Gasteiger partial charge < -0.3 is 47.9 Å². The molecule has 7 heterocycles. The molecule has 0 radical (unpaired) electrons. The lowest BCUT2D eigenvalue weighted by Gasteiger charge is -2.17. The van der Waals surface area contributed by atoms with Gasteiger partial charge in [-0.25, -0.2) is 35.2 Å². The van der Waals surface area contributed by atoms with Crippen molar-refractivity contribution < 1.29 is 72.0 Å². The number of nitrogens with zero attached hydrogens (tertiary/aromatic N) is 8. The minimum atomic E-state index is -4.69. The lowest BCUT2D eigenvalue weighted by Crippen LogP contribution is -2.31. The summed E-state index contributed by atoms with van der Waals surface area (Å²) in [6.07, 6.45) is 12.5. The van der Waals surface area contributed by atoms with E-state index in [0.29, 0.717) is 123 Å². The topological polar surface area (TPSA) is 441 Å². The van der Waals surface area contributed by atoms with Gasteiger partial charge in [-0.15, -0.1) is 0 Å². The molecule has 0 atom stereocenters. The predicted octanol–water partition coefficient (Wildman–Crippen LogP) is 20.6. The molecule has 0 spiro atoms. The van der Waals surface area contributed by atoms with Gasteiger partial charge in [-0.3, -0.25) is 63.4 Å². The number of rotatable bonds is 30. The number of aryl methyl sites for hydroxylation is 2. The Morgan fingerprint density at radius 1 is 0.411 bits per heavy atom. The van der Waals surface area contributed by atoms with E-state index in [9.17, 15) is 72.0 Å². The fourth-order valence-electron chi connectivity index (χ4n) is 14.9. The maximum atomic E-state index is 13.1. The molecule has 0 bridgehead atoms. The lowest BCUT2D eigenvalue weighted by molar-refractivity contribution is -0.141. The smallest absolute Gasteiger partial charge is 0.384 e. The molecule has 15 aromatic rings. The average Bonchev–Trinajstić information content (AvgIpc) is 0.909. The minimum absolute atomic E-state index is 0.00217. The van der Waals surface area contributed by atoms with Gasteiger partial charge in [-0.05, 0) is 257 Å². The van der Waals surface area contributed by atoms with Crippen LogP contribution >= 0.6 is 46.4 Å². The number of hydrogen-bond acceptors (Lipinski definition) is 21. The Kier molecular flexibility index (Phi) is 36.6. The Labute approximate surface area is 859 Å². The molecule has 30 nitrogen and oxygen atoms in total. The maximum Gasteiger partial charge on any atom is 0.433 e. The molecule has 1 fully saturated rings. The number of carbonyl (C=O) groups excluding carboxylic acids is 7. The van der Waals surface area contributed by atoms with Gasteiger partial charge in [-0.2, -0.15) is 13.2 Å². The molecule has 6 aromatic heterocycles. The van der Waals surface area contributed by atoms with E-state index in [1.165, 1.54) is 49.4 Å². The molecule has 16 rings (SSSR count). The molecule has 7 amide bonds. The van der Waals surface area contributed by atoms with E-state index < -0.39 is 76.7 Å². The van der Waals surface area contributed by atoms with Crippen molar-refractivity contribution in [1.29, 1.82) is 0 Å². The van der Waals surface area contributed by atoms with E-state index in [1.54, 1.807) is 201 Å². The number of nitrogens with one attached hydrogen (secondary N) is 8. The van der Waals surface area contributed by atoms with Crippen LogP contribution in [-0.2, 0) is 64.2 Å². The van der Waals surface area contributed by atoms with E-state index in [1.807, 2.05) is 53.4 Å². The number of sulfone groups is 3. The molecular formula is C106H94Cl4F3N17O13S3. The first kappa shape index (κ1) is 108. The van der Waals surface area contributed by atoms with Crippen molar-refractivity contribution in [3.05, 3.63) is 397 Å². The van der Waals surface area contributed by atoms with Crippen molar-refractivity contribution in [2.24, 2.45) is 10.7 Å². The van der Waals surface area contributed by atoms with Gasteiger partial charge in [0.25, 0.3) is 35.4 Å². The van der Waals surface area contributed by atoms with E-state index in [4.69, 9.17) is 52.1 Å². The highest BCUT2D eigenvalue weighted by molar-refractivity contribution is 7.90. The summed E-state index contributed by atoms with van der Waals surface area (Å²) in [7, 11) is -10.3. The van der Waals surface area contributed by atoms with Crippen LogP contribution in [0.5, 0.6) is 0 Å². The standard InChI is InChI=1S/C28H22ClF3N4O4S.C27H22ClN3O4S.C26H27ClN4O4S.C25H23ClN6O/c1-16-20(9-11-25(34-16)28(30,31)32)27(38)36-24-13-17(6-7-18(24)15-41(2,39)40)26(37)35-19-8-10-22(29)21(14-19)23-5-3-4-12-33-23;1-36(34,35)17-20-11-10-19(15-25(20)31-26(32)18-7-3-2-4-8-18)27(33)30-21-12-13-23(28)22(16-21)24-9-5-6-14-29-24;1-36(34,35)17-19-8-7-18(14-24(19)30-25(32)16-31-12-4-5-13-31)26(33)29-20-9-10-22(27)21(15-20)23-6-2-3-11-28-23;26-22-11-10-19(14-21(22)23-5-1-2-12-29-23)32-25(33)18-8-6-17(7-9-18)24(27)30-13-3-4-20-15-28-16-31-20/h3-14H,15H2,1-2H3,(H,35,37)(H,36,38);2-16H,17H2,1H3,(H,30,33)(H,31,32);2-3,6-11,14-15H,4-5,12-13,16-17H2,1H3,(H,29,33)(H,30,32);1-2,5-12,14-16H,3-4,13H2,(H2,27,30)(H,28,31)(H,32,33). The van der Waals surface area contributed by atoms with Gasteiger partial charge >= 0.3 is 6.18 Å². The van der Waals surface area contributed by atoms with Gasteiger partial charge in [-0.1, -0.05) is 119 Å². The van der Waals surface area contributed by atoms with Gasteiger partial charge in [0.2, 0.25) is 5.91 Å². The van der Waals surface area contributed by atoms with Gasteiger partial charge in [0, 0.05) is 157 Å². The number of amides is 7. The number of aromatic amines is 1. The first-order chi connectivity index (χ1) is 69.7. The summed E-state index contributed by atoms with van der Waals surface area (Å²) < 4.78 is 111. The molecule has 1 aliphatic heterocycles.